The summed E-state index contributed by atoms with van der Waals surface area (Å²) >= 11 is 1.50. The van der Waals surface area contributed by atoms with Crippen LogP contribution >= 0.6 is 11.3 Å². The summed E-state index contributed by atoms with van der Waals surface area (Å²) in [7, 11) is 0. The maximum atomic E-state index is 12.5. The molecular weight excluding hydrogens is 320 g/mol. The van der Waals surface area contributed by atoms with Gasteiger partial charge in [-0.25, -0.2) is 4.98 Å². The lowest BCUT2D eigenvalue weighted by molar-refractivity contribution is 0.102. The Hall–Kier alpha value is -2.40. The van der Waals surface area contributed by atoms with Crippen molar-refractivity contribution in [2.75, 3.05) is 5.32 Å². The van der Waals surface area contributed by atoms with E-state index < -0.39 is 0 Å². The van der Waals surface area contributed by atoms with Crippen molar-refractivity contribution in [3.8, 4) is 0 Å². The van der Waals surface area contributed by atoms with Crippen LogP contribution in [0, 0.1) is 27.7 Å². The number of amides is 1. The number of carbonyl (C=O) groups excluding carboxylic acids is 1. The molecule has 124 valence electrons. The number of aromatic nitrogens is 1. The Bertz CT molecular complexity index is 893. The van der Waals surface area contributed by atoms with Crippen LogP contribution in [0.3, 0.4) is 0 Å². The highest BCUT2D eigenvalue weighted by atomic mass is 32.1. The van der Waals surface area contributed by atoms with Gasteiger partial charge in [0.25, 0.3) is 5.91 Å². The Morgan fingerprint density at radius 3 is 2.58 bits per heavy atom. The first-order chi connectivity index (χ1) is 11.5. The molecule has 0 saturated carbocycles. The van der Waals surface area contributed by atoms with Crippen LogP contribution in [0.4, 0.5) is 5.13 Å². The average Bonchev–Trinajstić information content (AvgIpc) is 3.06. The van der Waals surface area contributed by atoms with Crippen LogP contribution in [0.15, 0.2) is 34.9 Å². The second-order valence-electron chi connectivity index (χ2n) is 5.90. The summed E-state index contributed by atoms with van der Waals surface area (Å²) in [6.45, 7) is 7.67. The number of nitrogens with zero attached hydrogens (tertiary/aromatic N) is 1. The van der Waals surface area contributed by atoms with Crippen molar-refractivity contribution in [1.82, 2.24) is 4.98 Å². The van der Waals surface area contributed by atoms with Gasteiger partial charge in [-0.1, -0.05) is 24.3 Å². The van der Waals surface area contributed by atoms with Gasteiger partial charge in [0.1, 0.15) is 11.5 Å². The number of carbonyl (C=O) groups is 1. The molecule has 3 rings (SSSR count). The van der Waals surface area contributed by atoms with Crippen molar-refractivity contribution in [2.45, 2.75) is 34.1 Å². The smallest absolute Gasteiger partial charge is 0.261 e. The molecule has 1 amide bonds. The van der Waals surface area contributed by atoms with Gasteiger partial charge in [0, 0.05) is 23.1 Å². The lowest BCUT2D eigenvalue weighted by atomic mass is 10.1. The fraction of sp³-hybridized carbons (Fsp3) is 0.263. The number of hydrogen-bond donors (Lipinski definition) is 1. The Labute approximate surface area is 145 Å². The molecule has 0 unspecified atom stereocenters. The Balaban J connectivity index is 1.74. The van der Waals surface area contributed by atoms with Gasteiger partial charge in [-0.05, 0) is 38.8 Å². The molecule has 24 heavy (non-hydrogen) atoms. The maximum Gasteiger partial charge on any atom is 0.261 e. The van der Waals surface area contributed by atoms with Gasteiger partial charge in [-0.3, -0.25) is 10.1 Å². The van der Waals surface area contributed by atoms with Crippen LogP contribution in [0.5, 0.6) is 0 Å². The van der Waals surface area contributed by atoms with Gasteiger partial charge in [0.2, 0.25) is 0 Å². The summed E-state index contributed by atoms with van der Waals surface area (Å²) < 4.78 is 5.52. The van der Waals surface area contributed by atoms with Crippen LogP contribution < -0.4 is 5.32 Å². The highest BCUT2D eigenvalue weighted by Gasteiger charge is 2.19. The van der Waals surface area contributed by atoms with Crippen LogP contribution in [0.1, 0.15) is 43.4 Å². The number of aryl methyl sites for hydroxylation is 3. The molecule has 2 heterocycles. The van der Waals surface area contributed by atoms with E-state index in [1.54, 1.807) is 6.92 Å². The van der Waals surface area contributed by atoms with Crippen LogP contribution in [0.25, 0.3) is 0 Å². The Morgan fingerprint density at radius 1 is 1.17 bits per heavy atom. The maximum absolute atomic E-state index is 12.5. The van der Waals surface area contributed by atoms with Crippen LogP contribution in [0.2, 0.25) is 0 Å². The zero-order valence-corrected chi connectivity index (χ0v) is 15.1. The van der Waals surface area contributed by atoms with Gasteiger partial charge >= 0.3 is 0 Å². The van der Waals surface area contributed by atoms with E-state index >= 15 is 0 Å². The molecule has 0 bridgehead atoms. The number of benzene rings is 1. The fourth-order valence-corrected chi connectivity index (χ4v) is 3.56. The highest BCUT2D eigenvalue weighted by molar-refractivity contribution is 7.15. The van der Waals surface area contributed by atoms with E-state index in [9.17, 15) is 4.79 Å². The molecule has 1 aromatic carbocycles. The van der Waals surface area contributed by atoms with Crippen molar-refractivity contribution in [3.63, 3.8) is 0 Å². The predicted octanol–water partition coefficient (Wildman–Crippen LogP) is 4.81. The standard InChI is InChI=1S/C19H20N2O2S/c1-11-7-5-6-8-15(11)9-16-10-20-19(24-16)21-18(22)17-12(2)13(3)23-14(17)4/h5-8,10H,9H2,1-4H3,(H,20,21,22). The Kier molecular flexibility index (Phi) is 4.53. The van der Waals surface area contributed by atoms with Crippen molar-refractivity contribution in [3.05, 3.63) is 69.1 Å². The number of furan rings is 1. The summed E-state index contributed by atoms with van der Waals surface area (Å²) in [5.74, 6) is 1.25. The van der Waals surface area contributed by atoms with E-state index in [0.29, 0.717) is 16.5 Å². The van der Waals surface area contributed by atoms with Gasteiger partial charge in [0.05, 0.1) is 5.56 Å². The first kappa shape index (κ1) is 16.5. The van der Waals surface area contributed by atoms with Gasteiger partial charge < -0.3 is 4.42 Å². The third-order valence-corrected chi connectivity index (χ3v) is 5.10. The van der Waals surface area contributed by atoms with E-state index in [4.69, 9.17) is 4.42 Å². The molecule has 4 nitrogen and oxygen atoms in total. The number of hydrogen-bond acceptors (Lipinski definition) is 4. The largest absolute Gasteiger partial charge is 0.466 e. The SMILES string of the molecule is Cc1ccccc1Cc1cnc(NC(=O)c2c(C)oc(C)c2C)s1. The number of rotatable bonds is 4. The van der Waals surface area contributed by atoms with Crippen molar-refractivity contribution >= 4 is 22.4 Å². The lowest BCUT2D eigenvalue weighted by Gasteiger charge is -2.03. The molecule has 0 radical (unpaired) electrons. The molecule has 1 N–H and O–H groups in total. The van der Waals surface area contributed by atoms with Crippen molar-refractivity contribution < 1.29 is 9.21 Å². The molecule has 0 aliphatic heterocycles. The normalized spacial score (nSPS) is 10.8. The summed E-state index contributed by atoms with van der Waals surface area (Å²) in [6.07, 6.45) is 2.65. The number of nitrogens with one attached hydrogen (secondary N) is 1. The molecule has 5 heteroatoms. The van der Waals surface area contributed by atoms with Gasteiger partial charge in [-0.2, -0.15) is 0 Å². The number of anilines is 1. The summed E-state index contributed by atoms with van der Waals surface area (Å²) in [5.41, 5.74) is 4.01. The van der Waals surface area contributed by atoms with E-state index in [0.717, 1.165) is 22.6 Å². The topological polar surface area (TPSA) is 55.1 Å². The van der Waals surface area contributed by atoms with E-state index in [-0.39, 0.29) is 5.91 Å². The quantitative estimate of drug-likeness (QED) is 0.741. The first-order valence-corrected chi connectivity index (χ1v) is 8.64. The first-order valence-electron chi connectivity index (χ1n) is 7.83. The van der Waals surface area contributed by atoms with Crippen molar-refractivity contribution in [2.24, 2.45) is 0 Å². The zero-order valence-electron chi connectivity index (χ0n) is 14.3. The van der Waals surface area contributed by atoms with Gasteiger partial charge in [0.15, 0.2) is 5.13 Å². The second kappa shape index (κ2) is 6.61. The Morgan fingerprint density at radius 2 is 1.92 bits per heavy atom. The molecule has 3 aromatic rings. The third-order valence-electron chi connectivity index (χ3n) is 4.19. The van der Waals surface area contributed by atoms with Crippen LogP contribution in [-0.2, 0) is 6.42 Å². The zero-order chi connectivity index (χ0) is 17.3. The summed E-state index contributed by atoms with van der Waals surface area (Å²) in [6, 6.07) is 8.30. The molecule has 0 atom stereocenters. The molecule has 0 fully saturated rings. The van der Waals surface area contributed by atoms with Crippen LogP contribution in [-0.4, -0.2) is 10.9 Å². The minimum atomic E-state index is -0.168. The van der Waals surface area contributed by atoms with E-state index in [1.807, 2.05) is 32.2 Å². The summed E-state index contributed by atoms with van der Waals surface area (Å²) in [5, 5.41) is 3.49. The monoisotopic (exact) mass is 340 g/mol. The molecule has 0 aliphatic rings. The highest BCUT2D eigenvalue weighted by Crippen LogP contribution is 2.25. The van der Waals surface area contributed by atoms with Crippen molar-refractivity contribution in [1.29, 1.82) is 0 Å². The third kappa shape index (κ3) is 3.26. The average molecular weight is 340 g/mol. The number of thiazole rings is 1. The van der Waals surface area contributed by atoms with E-state index in [1.165, 1.54) is 22.5 Å². The minimum absolute atomic E-state index is 0.168. The minimum Gasteiger partial charge on any atom is -0.466 e. The molecule has 0 aliphatic carbocycles. The molecule has 2 aromatic heterocycles. The van der Waals surface area contributed by atoms with Gasteiger partial charge in [-0.15, -0.1) is 11.3 Å². The second-order valence-corrected chi connectivity index (χ2v) is 7.02. The predicted molar refractivity (Wildman–Crippen MR) is 97.0 cm³/mol. The lowest BCUT2D eigenvalue weighted by Crippen LogP contribution is -2.13. The van der Waals surface area contributed by atoms with E-state index in [2.05, 4.69) is 29.4 Å². The fourth-order valence-electron chi connectivity index (χ4n) is 2.73. The molecule has 0 spiro atoms. The summed E-state index contributed by atoms with van der Waals surface area (Å²) in [4.78, 5) is 17.9. The molecular formula is C19H20N2O2S. The molecule has 0 saturated heterocycles.